The predicted molar refractivity (Wildman–Crippen MR) is 75.4 cm³/mol. The van der Waals surface area contributed by atoms with Gasteiger partial charge < -0.3 is 5.32 Å². The molecule has 1 N–H and O–H groups in total. The maximum Gasteiger partial charge on any atom is 0.416 e. The Morgan fingerprint density at radius 3 is 2.71 bits per heavy atom. The van der Waals surface area contributed by atoms with Crippen molar-refractivity contribution in [1.82, 2.24) is 5.32 Å². The van der Waals surface area contributed by atoms with Crippen molar-refractivity contribution in [3.8, 4) is 0 Å². The lowest BCUT2D eigenvalue weighted by Gasteiger charge is -2.10. The SMILES string of the molecule is C=CCC1CC(NC)=C(c2cccc(C(F)(F)F)c2)C1=O. The Labute approximate surface area is 121 Å². The summed E-state index contributed by atoms with van der Waals surface area (Å²) in [6.07, 6.45) is -1.73. The molecule has 2 nitrogen and oxygen atoms in total. The van der Waals surface area contributed by atoms with Gasteiger partial charge in [0.15, 0.2) is 5.78 Å². The summed E-state index contributed by atoms with van der Waals surface area (Å²) < 4.78 is 38.4. The summed E-state index contributed by atoms with van der Waals surface area (Å²) >= 11 is 0. The van der Waals surface area contributed by atoms with Crippen LogP contribution in [0.25, 0.3) is 5.57 Å². The highest BCUT2D eigenvalue weighted by molar-refractivity contribution is 6.24. The first-order chi connectivity index (χ1) is 9.88. The molecule has 0 aromatic heterocycles. The van der Waals surface area contributed by atoms with Crippen LogP contribution in [-0.4, -0.2) is 12.8 Å². The minimum Gasteiger partial charge on any atom is -0.391 e. The summed E-state index contributed by atoms with van der Waals surface area (Å²) in [6, 6.07) is 4.90. The van der Waals surface area contributed by atoms with Crippen molar-refractivity contribution in [2.24, 2.45) is 5.92 Å². The van der Waals surface area contributed by atoms with Gasteiger partial charge in [-0.25, -0.2) is 0 Å². The monoisotopic (exact) mass is 295 g/mol. The Morgan fingerprint density at radius 1 is 1.43 bits per heavy atom. The fourth-order valence-corrected chi connectivity index (χ4v) is 2.58. The Hall–Kier alpha value is -2.04. The summed E-state index contributed by atoms with van der Waals surface area (Å²) in [6.45, 7) is 3.61. The van der Waals surface area contributed by atoms with Gasteiger partial charge >= 0.3 is 6.18 Å². The van der Waals surface area contributed by atoms with E-state index >= 15 is 0 Å². The fraction of sp³-hybridized carbons (Fsp3) is 0.312. The summed E-state index contributed by atoms with van der Waals surface area (Å²) in [5, 5.41) is 2.93. The Bertz CT molecular complexity index is 602. The van der Waals surface area contributed by atoms with Crippen LogP contribution in [0.2, 0.25) is 0 Å². The van der Waals surface area contributed by atoms with E-state index in [0.29, 0.717) is 29.7 Å². The first kappa shape index (κ1) is 15.4. The molecule has 0 saturated heterocycles. The lowest BCUT2D eigenvalue weighted by atomic mass is 9.96. The van der Waals surface area contributed by atoms with Crippen molar-refractivity contribution in [2.75, 3.05) is 7.05 Å². The van der Waals surface area contributed by atoms with Gasteiger partial charge in [-0.15, -0.1) is 6.58 Å². The Kier molecular flexibility index (Phi) is 4.21. The van der Waals surface area contributed by atoms with E-state index in [1.54, 1.807) is 13.1 Å². The van der Waals surface area contributed by atoms with Gasteiger partial charge in [0.2, 0.25) is 0 Å². The average molecular weight is 295 g/mol. The number of nitrogens with one attached hydrogen (secondary N) is 1. The van der Waals surface area contributed by atoms with E-state index in [2.05, 4.69) is 11.9 Å². The van der Waals surface area contributed by atoms with Crippen molar-refractivity contribution in [1.29, 1.82) is 0 Å². The normalized spacial score (nSPS) is 19.0. The largest absolute Gasteiger partial charge is 0.416 e. The number of halogens is 3. The van der Waals surface area contributed by atoms with E-state index in [4.69, 9.17) is 0 Å². The van der Waals surface area contributed by atoms with E-state index < -0.39 is 11.7 Å². The minimum atomic E-state index is -4.42. The number of hydrogen-bond acceptors (Lipinski definition) is 2. The molecule has 0 aliphatic heterocycles. The van der Waals surface area contributed by atoms with Crippen LogP contribution in [0.5, 0.6) is 0 Å². The zero-order valence-corrected chi connectivity index (χ0v) is 11.6. The summed E-state index contributed by atoms with van der Waals surface area (Å²) in [7, 11) is 1.67. The first-order valence-corrected chi connectivity index (χ1v) is 6.62. The number of hydrogen-bond donors (Lipinski definition) is 1. The van der Waals surface area contributed by atoms with Crippen LogP contribution in [0, 0.1) is 5.92 Å². The van der Waals surface area contributed by atoms with Gasteiger partial charge in [-0.3, -0.25) is 4.79 Å². The van der Waals surface area contributed by atoms with Crippen molar-refractivity contribution in [3.63, 3.8) is 0 Å². The van der Waals surface area contributed by atoms with Gasteiger partial charge in [-0.1, -0.05) is 18.2 Å². The second kappa shape index (κ2) is 5.76. The van der Waals surface area contributed by atoms with E-state index in [0.717, 1.165) is 12.1 Å². The molecule has 0 radical (unpaired) electrons. The van der Waals surface area contributed by atoms with E-state index in [9.17, 15) is 18.0 Å². The van der Waals surface area contributed by atoms with Crippen LogP contribution in [-0.2, 0) is 11.0 Å². The Balaban J connectivity index is 2.44. The topological polar surface area (TPSA) is 29.1 Å². The fourth-order valence-electron chi connectivity index (χ4n) is 2.58. The van der Waals surface area contributed by atoms with Crippen LogP contribution < -0.4 is 5.32 Å². The van der Waals surface area contributed by atoms with Gasteiger partial charge in [-0.2, -0.15) is 13.2 Å². The number of carbonyl (C=O) groups is 1. The maximum absolute atomic E-state index is 12.8. The number of ketones is 1. The molecule has 112 valence electrons. The molecule has 1 aliphatic rings. The van der Waals surface area contributed by atoms with Gasteiger partial charge in [0.25, 0.3) is 0 Å². The molecule has 0 spiro atoms. The zero-order chi connectivity index (χ0) is 15.6. The molecular weight excluding hydrogens is 279 g/mol. The van der Waals surface area contributed by atoms with Crippen molar-refractivity contribution >= 4 is 11.4 Å². The van der Waals surface area contributed by atoms with Crippen LogP contribution in [0.4, 0.5) is 13.2 Å². The smallest absolute Gasteiger partial charge is 0.391 e. The van der Waals surface area contributed by atoms with Gasteiger partial charge in [-0.05, 0) is 30.5 Å². The third-order valence-corrected chi connectivity index (χ3v) is 3.60. The average Bonchev–Trinajstić information content (AvgIpc) is 2.75. The van der Waals surface area contributed by atoms with E-state index in [-0.39, 0.29) is 11.7 Å². The molecule has 1 aromatic rings. The van der Waals surface area contributed by atoms with Crippen molar-refractivity contribution in [3.05, 3.63) is 53.7 Å². The third kappa shape index (κ3) is 3.01. The predicted octanol–water partition coefficient (Wildman–Crippen LogP) is 3.80. The van der Waals surface area contributed by atoms with Gasteiger partial charge in [0, 0.05) is 24.2 Å². The van der Waals surface area contributed by atoms with Crippen LogP contribution in [0.3, 0.4) is 0 Å². The highest BCUT2D eigenvalue weighted by Crippen LogP contribution is 2.37. The van der Waals surface area contributed by atoms with E-state index in [1.807, 2.05) is 0 Å². The van der Waals surface area contributed by atoms with Crippen molar-refractivity contribution in [2.45, 2.75) is 19.0 Å². The zero-order valence-electron chi connectivity index (χ0n) is 11.6. The molecule has 1 atom stereocenters. The molecule has 0 bridgehead atoms. The molecule has 0 saturated carbocycles. The molecule has 0 amide bonds. The standard InChI is InChI=1S/C16H16F3NO/c1-3-5-11-9-13(20-2)14(15(11)21)10-6-4-7-12(8-10)16(17,18)19/h3-4,6-8,11,20H,1,5,9H2,2H3. The summed E-state index contributed by atoms with van der Waals surface area (Å²) in [5.41, 5.74) is 0.607. The Morgan fingerprint density at radius 2 is 2.14 bits per heavy atom. The lowest BCUT2D eigenvalue weighted by Crippen LogP contribution is -2.10. The second-order valence-corrected chi connectivity index (χ2v) is 4.97. The minimum absolute atomic E-state index is 0.126. The molecule has 2 rings (SSSR count). The molecule has 21 heavy (non-hydrogen) atoms. The number of carbonyl (C=O) groups excluding carboxylic acids is 1. The van der Waals surface area contributed by atoms with E-state index in [1.165, 1.54) is 12.1 Å². The molecular formula is C16H16F3NO. The van der Waals surface area contributed by atoms with Gasteiger partial charge in [0.1, 0.15) is 0 Å². The number of alkyl halides is 3. The van der Waals surface area contributed by atoms with Crippen molar-refractivity contribution < 1.29 is 18.0 Å². The quantitative estimate of drug-likeness (QED) is 0.856. The van der Waals surface area contributed by atoms with Gasteiger partial charge in [0.05, 0.1) is 5.56 Å². The highest BCUT2D eigenvalue weighted by Gasteiger charge is 2.35. The molecule has 0 fully saturated rings. The molecule has 1 unspecified atom stereocenters. The number of benzene rings is 1. The number of rotatable bonds is 4. The number of allylic oxidation sites excluding steroid dienone is 3. The van der Waals surface area contributed by atoms with Crippen LogP contribution in [0.15, 0.2) is 42.6 Å². The molecule has 5 heteroatoms. The maximum atomic E-state index is 12.8. The molecule has 1 aliphatic carbocycles. The molecule has 1 aromatic carbocycles. The van der Waals surface area contributed by atoms with Crippen LogP contribution in [0.1, 0.15) is 24.0 Å². The third-order valence-electron chi connectivity index (χ3n) is 3.60. The summed E-state index contributed by atoms with van der Waals surface area (Å²) in [5.74, 6) is -0.368. The lowest BCUT2D eigenvalue weighted by molar-refractivity contribution is -0.137. The number of Topliss-reactive ketones (excluding diaryl/α,β-unsaturated/α-hetero) is 1. The summed E-state index contributed by atoms with van der Waals surface area (Å²) in [4.78, 5) is 12.4. The highest BCUT2D eigenvalue weighted by atomic mass is 19.4. The van der Waals surface area contributed by atoms with Crippen LogP contribution >= 0.6 is 0 Å². The first-order valence-electron chi connectivity index (χ1n) is 6.62. The molecule has 0 heterocycles. The second-order valence-electron chi connectivity index (χ2n) is 4.97.